The molecule has 5 rings (SSSR count). The van der Waals surface area contributed by atoms with Gasteiger partial charge in [0, 0.05) is 27.3 Å². The van der Waals surface area contributed by atoms with Crippen molar-refractivity contribution >= 4 is 16.1 Å². The maximum Gasteiger partial charge on any atom is 0.408 e. The lowest BCUT2D eigenvalue weighted by Gasteiger charge is -2.39. The molecule has 1 fully saturated rings. The van der Waals surface area contributed by atoms with Crippen molar-refractivity contribution in [2.24, 2.45) is 11.8 Å². The van der Waals surface area contributed by atoms with Crippen LogP contribution >= 0.6 is 0 Å². The molecule has 0 radical (unpaired) electrons. The second-order valence-corrected chi connectivity index (χ2v) is 10.3. The van der Waals surface area contributed by atoms with Gasteiger partial charge in [0.15, 0.2) is 11.5 Å². The smallest absolute Gasteiger partial charge is 0.408 e. The largest absolute Gasteiger partial charge is 0.472 e. The Bertz CT molecular complexity index is 2180. The van der Waals surface area contributed by atoms with Crippen molar-refractivity contribution in [3.05, 3.63) is 66.2 Å². The topological polar surface area (TPSA) is 135 Å². The van der Waals surface area contributed by atoms with Crippen molar-refractivity contribution in [1.29, 1.82) is 0 Å². The third-order valence-corrected chi connectivity index (χ3v) is 6.94. The van der Waals surface area contributed by atoms with E-state index in [0.717, 1.165) is 26.2 Å². The number of aliphatic hydroxyl groups is 1. The van der Waals surface area contributed by atoms with Crippen LogP contribution in [-0.2, 0) is 25.9 Å². The molecule has 0 saturated carbocycles. The van der Waals surface area contributed by atoms with Crippen molar-refractivity contribution in [3.63, 3.8) is 0 Å². The lowest BCUT2D eigenvalue weighted by Crippen LogP contribution is -2.57. The van der Waals surface area contributed by atoms with E-state index in [4.69, 9.17) is 35.4 Å². The van der Waals surface area contributed by atoms with Gasteiger partial charge in [-0.15, -0.1) is 0 Å². The Morgan fingerprint density at radius 1 is 1.20 bits per heavy atom. The van der Waals surface area contributed by atoms with Crippen molar-refractivity contribution in [1.82, 2.24) is 9.21 Å². The monoisotopic (exact) mass is 592 g/mol. The number of carboxylic acid groups (broad SMARTS) is 1. The molecule has 3 aliphatic heterocycles. The summed E-state index contributed by atoms with van der Waals surface area (Å²) in [6.07, 6.45) is -11.1. The molecule has 2 N–H and O–H groups in total. The number of benzene rings is 2. The summed E-state index contributed by atoms with van der Waals surface area (Å²) in [5, 5.41) is 23.2. The Morgan fingerprint density at radius 2 is 1.95 bits per heavy atom. The molecule has 3 heterocycles. The van der Waals surface area contributed by atoms with Crippen LogP contribution in [0, 0.1) is 11.8 Å². The van der Waals surface area contributed by atoms with E-state index in [1.165, 1.54) is 0 Å². The van der Waals surface area contributed by atoms with Crippen LogP contribution in [0.4, 0.5) is 4.79 Å². The Labute approximate surface area is 258 Å². The normalized spacial score (nSPS) is 33.2. The van der Waals surface area contributed by atoms with Gasteiger partial charge in [-0.25, -0.2) is 13.2 Å². The lowest BCUT2D eigenvalue weighted by molar-refractivity contribution is -0.0690. The van der Waals surface area contributed by atoms with E-state index in [2.05, 4.69) is 0 Å². The molecule has 1 unspecified atom stereocenters. The summed E-state index contributed by atoms with van der Waals surface area (Å²) in [4.78, 5) is 11.2. The Kier molecular flexibility index (Phi) is 3.95. The highest BCUT2D eigenvalue weighted by Gasteiger charge is 2.48. The number of rotatable bonds is 11. The molecule has 1 amide bonds. The summed E-state index contributed by atoms with van der Waals surface area (Å²) >= 11 is 0. The maximum absolute atomic E-state index is 14.8. The quantitative estimate of drug-likeness (QED) is 0.404. The first-order valence-corrected chi connectivity index (χ1v) is 13.0. The van der Waals surface area contributed by atoms with Gasteiger partial charge in [0.25, 0.3) is 0 Å². The van der Waals surface area contributed by atoms with E-state index in [0.29, 0.717) is 0 Å². The van der Waals surface area contributed by atoms with Crippen LogP contribution in [0.1, 0.15) is 44.1 Å². The van der Waals surface area contributed by atoms with Gasteiger partial charge in [0.1, 0.15) is 2.74 Å². The third kappa shape index (κ3) is 5.75. The van der Waals surface area contributed by atoms with Gasteiger partial charge in [-0.3, -0.25) is 4.90 Å². The Balaban J connectivity index is 1.91. The summed E-state index contributed by atoms with van der Waals surface area (Å²) in [5.74, 6) is -5.20. The van der Waals surface area contributed by atoms with Crippen molar-refractivity contribution in [2.45, 2.75) is 49.5 Å². The third-order valence-electron chi connectivity index (χ3n) is 5.54. The fraction of sp³-hybridized carbons (Fsp3) is 0.464. The lowest BCUT2D eigenvalue weighted by atomic mass is 9.94. The first kappa shape index (κ1) is 13.6. The van der Waals surface area contributed by atoms with E-state index >= 15 is 0 Å². The van der Waals surface area contributed by atoms with E-state index in [9.17, 15) is 31.6 Å². The molecule has 2 aromatic rings. The van der Waals surface area contributed by atoms with Crippen molar-refractivity contribution in [2.75, 3.05) is 26.3 Å². The van der Waals surface area contributed by atoms with Gasteiger partial charge >= 0.3 is 6.09 Å². The van der Waals surface area contributed by atoms with Crippen LogP contribution in [0.25, 0.3) is 0 Å². The first-order chi connectivity index (χ1) is 26.2. The molecule has 5 atom stereocenters. The highest BCUT2D eigenvalue weighted by Crippen LogP contribution is 2.36. The minimum atomic E-state index is -6.41. The number of amides is 1. The molecule has 11 nitrogen and oxygen atoms in total. The number of sulfonamides is 1. The second kappa shape index (κ2) is 11.7. The number of nitrogens with zero attached hydrogens (tertiary/aromatic N) is 2. The molecule has 216 valence electrons. The van der Waals surface area contributed by atoms with Crippen LogP contribution in [-0.4, -0.2) is 84.7 Å². The number of carbonyl (C=O) groups is 1. The van der Waals surface area contributed by atoms with Gasteiger partial charge in [-0.2, -0.15) is 4.31 Å². The average molecular weight is 593 g/mol. The first-order valence-electron chi connectivity index (χ1n) is 20.5. The molecule has 40 heavy (non-hydrogen) atoms. The highest BCUT2D eigenvalue weighted by atomic mass is 32.2. The van der Waals surface area contributed by atoms with Crippen LogP contribution < -0.4 is 9.47 Å². The predicted octanol–water partition coefficient (Wildman–Crippen LogP) is 2.90. The summed E-state index contributed by atoms with van der Waals surface area (Å²) in [6.45, 7) is -10.8. The minimum absolute atomic E-state index is 0.381. The zero-order valence-electron chi connectivity index (χ0n) is 38.7. The molecule has 0 aliphatic carbocycles. The van der Waals surface area contributed by atoms with Crippen molar-refractivity contribution in [3.8, 4) is 11.5 Å². The molecular formula is C28H34N2O9S. The van der Waals surface area contributed by atoms with E-state index in [-0.39, 0.29) is 4.90 Å². The fourth-order valence-electron chi connectivity index (χ4n) is 3.85. The molecule has 1 saturated heterocycles. The summed E-state index contributed by atoms with van der Waals surface area (Å²) < 4.78 is 204. The average Bonchev–Trinajstić information content (AvgIpc) is 3.80. The molecule has 0 bridgehead atoms. The summed E-state index contributed by atoms with van der Waals surface area (Å²) in [6, 6.07) is -17.7. The van der Waals surface area contributed by atoms with Crippen LogP contribution in [0.3, 0.4) is 0 Å². The molecular weight excluding hydrogens is 540 g/mol. The highest BCUT2D eigenvalue weighted by molar-refractivity contribution is 7.89. The molecule has 2 aromatic carbocycles. The van der Waals surface area contributed by atoms with E-state index in [1.807, 2.05) is 0 Å². The standard InChI is InChI=1S/C28H34N2O9S/c1-18(2)14-29(40(34,35)20-8-9-25-26(13-20)39-17-38-25)15-24(31)22(12-19-6-4-3-5-7-19)30(28(32)33)23-16-37-27-21(23)10-11-36-27/h3-11,13,18,21-24,27,31H,12,14-17H2,1-2H3,(H,32,33)/t21-,22-,23?,24+,27-/m0/s1/i3D,4D,5D,6D,7D,8D,9D,12D2,13D,14D2,15D2,17D2,22D,24D. The number of ether oxygens (including phenoxy) is 4. The zero-order chi connectivity index (χ0) is 44.4. The molecule has 3 aliphatic rings. The number of fused-ring (bicyclic) bond motifs is 2. The fourth-order valence-corrected chi connectivity index (χ4v) is 4.99. The molecule has 0 spiro atoms. The summed E-state index contributed by atoms with van der Waals surface area (Å²) in [5.41, 5.74) is -1.62. The number of hydrogen-bond acceptors (Lipinski definition) is 8. The maximum atomic E-state index is 14.8. The van der Waals surface area contributed by atoms with Crippen LogP contribution in [0.5, 0.6) is 11.5 Å². The van der Waals surface area contributed by atoms with E-state index in [1.54, 1.807) is 0 Å². The molecule has 12 heteroatoms. The van der Waals surface area contributed by atoms with Gasteiger partial charge in [0.05, 0.1) is 55.5 Å². The Hall–Kier alpha value is -3.32. The van der Waals surface area contributed by atoms with Gasteiger partial charge in [0.2, 0.25) is 23.1 Å². The van der Waals surface area contributed by atoms with Crippen molar-refractivity contribution < 1.29 is 67.0 Å². The van der Waals surface area contributed by atoms with E-state index < -0.39 is 160 Å². The second-order valence-electron chi connectivity index (χ2n) is 8.60. The SMILES string of the molecule is [2H]c1c([2H])c([2H])c(C([2H])([2H])[C@]([2H])(N(C(=O)O)C2CO[C@@H]3OC=C[C@@H]23)[C@]([2H])(O)C([2H])([2H])N(C([2H])([2H])C(C)C)S(=O)(=O)c2c([2H])c([2H])c3c(c2[2H])OC([2H])([2H])O3)c([2H])c1[2H]. The number of hydrogen-bond donors (Lipinski definition) is 2. The summed E-state index contributed by atoms with van der Waals surface area (Å²) in [7, 11) is -6.41. The van der Waals surface area contributed by atoms with Crippen LogP contribution in [0.2, 0.25) is 0 Å². The zero-order valence-corrected chi connectivity index (χ0v) is 21.5. The van der Waals surface area contributed by atoms with Crippen LogP contribution in [0.15, 0.2) is 65.6 Å². The minimum Gasteiger partial charge on any atom is -0.472 e. The van der Waals surface area contributed by atoms with Gasteiger partial charge in [-0.1, -0.05) is 44.1 Å². The van der Waals surface area contributed by atoms with Gasteiger partial charge < -0.3 is 29.2 Å². The predicted molar refractivity (Wildman–Crippen MR) is 143 cm³/mol. The Morgan fingerprint density at radius 3 is 2.67 bits per heavy atom. The van der Waals surface area contributed by atoms with Gasteiger partial charge in [-0.05, 0) is 36.0 Å². The molecule has 0 aromatic heterocycles.